The molecule has 4 nitrogen and oxygen atoms in total. The fraction of sp³-hybridized carbons (Fsp3) is 0. The van der Waals surface area contributed by atoms with E-state index in [-0.39, 0.29) is 11.7 Å². The highest BCUT2D eigenvalue weighted by molar-refractivity contribution is 6.07. The third-order valence-corrected chi connectivity index (χ3v) is 2.64. The molecular weight excluding hydrogens is 228 g/mol. The summed E-state index contributed by atoms with van der Waals surface area (Å²) in [5.74, 6) is 0.0206. The van der Waals surface area contributed by atoms with Gasteiger partial charge in [-0.05, 0) is 24.3 Å². The van der Waals surface area contributed by atoms with E-state index in [9.17, 15) is 4.79 Å². The van der Waals surface area contributed by atoms with Gasteiger partial charge in [-0.1, -0.05) is 18.2 Å². The summed E-state index contributed by atoms with van der Waals surface area (Å²) in [6, 6.07) is 12.7. The van der Waals surface area contributed by atoms with Crippen molar-refractivity contribution >= 4 is 22.5 Å². The molecule has 2 aromatic heterocycles. The Hall–Kier alpha value is -2.62. The molecule has 0 unspecified atom stereocenters. The normalized spacial score (nSPS) is 10.4. The summed E-state index contributed by atoms with van der Waals surface area (Å²) in [6.45, 7) is 0. The first-order chi connectivity index (χ1) is 8.84. The molecule has 0 fully saturated rings. The molecule has 0 spiro atoms. The first kappa shape index (κ1) is 10.5. The molecule has 1 N–H and O–H groups in total. The third kappa shape index (κ3) is 1.84. The van der Waals surface area contributed by atoms with Crippen LogP contribution in [-0.4, -0.2) is 10.9 Å². The second-order valence-electron chi connectivity index (χ2n) is 3.81. The van der Waals surface area contributed by atoms with Crippen LogP contribution in [0.3, 0.4) is 0 Å². The van der Waals surface area contributed by atoms with Gasteiger partial charge in [0.2, 0.25) is 0 Å². The third-order valence-electron chi connectivity index (χ3n) is 2.64. The molecule has 88 valence electrons. The van der Waals surface area contributed by atoms with Gasteiger partial charge >= 0.3 is 0 Å². The SMILES string of the molecule is O=C(Nc1ccnc2ccccc12)c1ccco1. The van der Waals surface area contributed by atoms with E-state index in [1.165, 1.54) is 6.26 Å². The Morgan fingerprint density at radius 1 is 1.11 bits per heavy atom. The summed E-state index contributed by atoms with van der Waals surface area (Å²) < 4.78 is 5.05. The van der Waals surface area contributed by atoms with E-state index in [1.807, 2.05) is 24.3 Å². The summed E-state index contributed by atoms with van der Waals surface area (Å²) in [7, 11) is 0. The Balaban J connectivity index is 1.98. The number of para-hydroxylation sites is 1. The Kier molecular flexibility index (Phi) is 2.53. The molecule has 3 rings (SSSR count). The number of furan rings is 1. The first-order valence-electron chi connectivity index (χ1n) is 5.53. The minimum Gasteiger partial charge on any atom is -0.459 e. The molecule has 0 saturated heterocycles. The summed E-state index contributed by atoms with van der Waals surface area (Å²) in [5.41, 5.74) is 1.57. The number of pyridine rings is 1. The van der Waals surface area contributed by atoms with E-state index in [0.717, 1.165) is 16.6 Å². The number of fused-ring (bicyclic) bond motifs is 1. The smallest absolute Gasteiger partial charge is 0.291 e. The maximum Gasteiger partial charge on any atom is 0.291 e. The van der Waals surface area contributed by atoms with Crippen LogP contribution in [0, 0.1) is 0 Å². The lowest BCUT2D eigenvalue weighted by Crippen LogP contribution is -2.11. The Morgan fingerprint density at radius 2 is 2.00 bits per heavy atom. The molecule has 2 heterocycles. The minimum atomic E-state index is -0.267. The lowest BCUT2D eigenvalue weighted by atomic mass is 10.2. The molecule has 1 amide bonds. The molecule has 3 aromatic rings. The molecular formula is C14H10N2O2. The van der Waals surface area contributed by atoms with Crippen LogP contribution in [0.5, 0.6) is 0 Å². The number of rotatable bonds is 2. The molecule has 0 bridgehead atoms. The standard InChI is InChI=1S/C14H10N2O2/c17-14(13-6-3-9-18-13)16-12-7-8-15-11-5-2-1-4-10(11)12/h1-9H,(H,15,16,17). The molecule has 0 radical (unpaired) electrons. The number of carbonyl (C=O) groups is 1. The topological polar surface area (TPSA) is 55.1 Å². The predicted molar refractivity (Wildman–Crippen MR) is 68.4 cm³/mol. The van der Waals surface area contributed by atoms with Gasteiger partial charge in [0.15, 0.2) is 5.76 Å². The lowest BCUT2D eigenvalue weighted by Gasteiger charge is -2.06. The molecule has 1 aromatic carbocycles. The van der Waals surface area contributed by atoms with Crippen molar-refractivity contribution < 1.29 is 9.21 Å². The van der Waals surface area contributed by atoms with Crippen molar-refractivity contribution in [3.8, 4) is 0 Å². The van der Waals surface area contributed by atoms with Gasteiger partial charge in [-0.25, -0.2) is 0 Å². The quantitative estimate of drug-likeness (QED) is 0.746. The number of hydrogen-bond acceptors (Lipinski definition) is 3. The maximum atomic E-state index is 11.9. The number of hydrogen-bond donors (Lipinski definition) is 1. The van der Waals surface area contributed by atoms with Crippen LogP contribution in [0.15, 0.2) is 59.3 Å². The van der Waals surface area contributed by atoms with Crippen LogP contribution in [0.2, 0.25) is 0 Å². The molecule has 4 heteroatoms. The van der Waals surface area contributed by atoms with Gasteiger partial charge < -0.3 is 9.73 Å². The number of amides is 1. The molecule has 0 saturated carbocycles. The number of aromatic nitrogens is 1. The zero-order valence-electron chi connectivity index (χ0n) is 9.46. The fourth-order valence-corrected chi connectivity index (χ4v) is 1.80. The van der Waals surface area contributed by atoms with E-state index >= 15 is 0 Å². The van der Waals surface area contributed by atoms with Gasteiger partial charge in [-0.3, -0.25) is 9.78 Å². The Labute approximate surface area is 103 Å². The van der Waals surface area contributed by atoms with Crippen LogP contribution in [-0.2, 0) is 0 Å². The average molecular weight is 238 g/mol. The monoisotopic (exact) mass is 238 g/mol. The Morgan fingerprint density at radius 3 is 2.83 bits per heavy atom. The minimum absolute atomic E-state index is 0.267. The van der Waals surface area contributed by atoms with Crippen molar-refractivity contribution in [2.24, 2.45) is 0 Å². The fourth-order valence-electron chi connectivity index (χ4n) is 1.80. The zero-order valence-corrected chi connectivity index (χ0v) is 9.46. The van der Waals surface area contributed by atoms with E-state index in [1.54, 1.807) is 24.4 Å². The summed E-state index contributed by atoms with van der Waals surface area (Å²) in [4.78, 5) is 16.1. The number of benzene rings is 1. The molecule has 0 atom stereocenters. The highest BCUT2D eigenvalue weighted by Gasteiger charge is 2.10. The van der Waals surface area contributed by atoms with E-state index < -0.39 is 0 Å². The van der Waals surface area contributed by atoms with Crippen LogP contribution in [0.4, 0.5) is 5.69 Å². The van der Waals surface area contributed by atoms with Crippen molar-refractivity contribution in [1.82, 2.24) is 4.98 Å². The largest absolute Gasteiger partial charge is 0.459 e. The van der Waals surface area contributed by atoms with E-state index in [0.29, 0.717) is 0 Å². The van der Waals surface area contributed by atoms with Gasteiger partial charge in [-0.2, -0.15) is 0 Å². The Bertz CT molecular complexity index is 685. The number of nitrogens with one attached hydrogen (secondary N) is 1. The molecule has 18 heavy (non-hydrogen) atoms. The molecule has 0 aliphatic carbocycles. The van der Waals surface area contributed by atoms with Crippen LogP contribution >= 0.6 is 0 Å². The van der Waals surface area contributed by atoms with Crippen molar-refractivity contribution in [1.29, 1.82) is 0 Å². The summed E-state index contributed by atoms with van der Waals surface area (Å²) in [6.07, 6.45) is 3.14. The van der Waals surface area contributed by atoms with Gasteiger partial charge in [-0.15, -0.1) is 0 Å². The van der Waals surface area contributed by atoms with Crippen molar-refractivity contribution in [2.75, 3.05) is 5.32 Å². The van der Waals surface area contributed by atoms with Crippen LogP contribution < -0.4 is 5.32 Å². The van der Waals surface area contributed by atoms with Crippen molar-refractivity contribution in [2.45, 2.75) is 0 Å². The lowest BCUT2D eigenvalue weighted by molar-refractivity contribution is 0.0997. The molecule has 0 aliphatic heterocycles. The van der Waals surface area contributed by atoms with Crippen molar-refractivity contribution in [3.05, 3.63) is 60.7 Å². The number of carbonyl (C=O) groups excluding carboxylic acids is 1. The average Bonchev–Trinajstić information content (AvgIpc) is 2.93. The van der Waals surface area contributed by atoms with Crippen molar-refractivity contribution in [3.63, 3.8) is 0 Å². The van der Waals surface area contributed by atoms with Gasteiger partial charge in [0, 0.05) is 11.6 Å². The second kappa shape index (κ2) is 4.33. The summed E-state index contributed by atoms with van der Waals surface area (Å²) in [5, 5.41) is 3.72. The summed E-state index contributed by atoms with van der Waals surface area (Å²) >= 11 is 0. The van der Waals surface area contributed by atoms with E-state index in [4.69, 9.17) is 4.42 Å². The first-order valence-corrected chi connectivity index (χ1v) is 5.53. The maximum absolute atomic E-state index is 11.9. The zero-order chi connectivity index (χ0) is 12.4. The van der Waals surface area contributed by atoms with Crippen LogP contribution in [0.25, 0.3) is 10.9 Å². The van der Waals surface area contributed by atoms with Gasteiger partial charge in [0.05, 0.1) is 17.5 Å². The second-order valence-corrected chi connectivity index (χ2v) is 3.81. The highest BCUT2D eigenvalue weighted by Crippen LogP contribution is 2.21. The van der Waals surface area contributed by atoms with Gasteiger partial charge in [0.1, 0.15) is 0 Å². The van der Waals surface area contributed by atoms with Gasteiger partial charge in [0.25, 0.3) is 5.91 Å². The van der Waals surface area contributed by atoms with E-state index in [2.05, 4.69) is 10.3 Å². The highest BCUT2D eigenvalue weighted by atomic mass is 16.3. The van der Waals surface area contributed by atoms with Crippen LogP contribution in [0.1, 0.15) is 10.6 Å². The predicted octanol–water partition coefficient (Wildman–Crippen LogP) is 3.08. The molecule has 0 aliphatic rings. The number of anilines is 1. The number of nitrogens with zero attached hydrogens (tertiary/aromatic N) is 1.